The Balaban J connectivity index is 1.35. The van der Waals surface area contributed by atoms with Gasteiger partial charge in [-0.05, 0) is 35.1 Å². The van der Waals surface area contributed by atoms with Crippen LogP contribution in [-0.4, -0.2) is 59.4 Å². The smallest absolute Gasteiger partial charge is 0.224 e. The van der Waals surface area contributed by atoms with Crippen LogP contribution in [0.5, 0.6) is 0 Å². The summed E-state index contributed by atoms with van der Waals surface area (Å²) < 4.78 is 0. The lowest BCUT2D eigenvalue weighted by atomic mass is 9.99. The summed E-state index contributed by atoms with van der Waals surface area (Å²) in [6.07, 6.45) is -0.471. The molecule has 4 rings (SSSR count). The fraction of sp³-hybridized carbons (Fsp3) is 0.278. The second-order valence-corrected chi connectivity index (χ2v) is 10.8. The van der Waals surface area contributed by atoms with Crippen molar-refractivity contribution in [2.75, 3.05) is 13.1 Å². The minimum atomic E-state index is -0.910. The maximum atomic E-state index is 12.9. The van der Waals surface area contributed by atoms with Gasteiger partial charge in [0.25, 0.3) is 0 Å². The number of carbonyl (C=O) groups is 2. The van der Waals surface area contributed by atoms with Gasteiger partial charge in [0.2, 0.25) is 11.8 Å². The highest BCUT2D eigenvalue weighted by Gasteiger charge is 2.25. The fourth-order valence-electron chi connectivity index (χ4n) is 5.04. The van der Waals surface area contributed by atoms with E-state index in [0.717, 1.165) is 22.3 Å². The molecule has 7 heteroatoms. The number of aliphatic hydroxyl groups is 2. The molecule has 0 bridgehead atoms. The van der Waals surface area contributed by atoms with Gasteiger partial charge in [0, 0.05) is 13.1 Å². The van der Waals surface area contributed by atoms with Gasteiger partial charge in [0.05, 0.1) is 37.1 Å². The molecule has 0 heterocycles. The number of rotatable bonds is 16. The molecule has 0 aliphatic heterocycles. The van der Waals surface area contributed by atoms with Crippen molar-refractivity contribution in [2.24, 2.45) is 0 Å². The molecule has 0 aliphatic rings. The molecule has 0 aromatic heterocycles. The molecule has 7 nitrogen and oxygen atoms in total. The fourth-order valence-corrected chi connectivity index (χ4v) is 5.04. The first-order valence-corrected chi connectivity index (χ1v) is 14.8. The summed E-state index contributed by atoms with van der Waals surface area (Å²) in [7, 11) is 0. The van der Waals surface area contributed by atoms with E-state index in [1.807, 2.05) is 121 Å². The number of nitrogens with one attached hydrogen (secondary N) is 3. The van der Waals surface area contributed by atoms with Crippen molar-refractivity contribution in [3.63, 3.8) is 0 Å². The minimum absolute atomic E-state index is 0.149. The monoisotopic (exact) mass is 579 g/mol. The first-order chi connectivity index (χ1) is 21.0. The standard InChI is InChI=1S/C36H41N3O4/c40-33(31(21-27-13-5-1-6-14-27)38-35(42)23-29-17-9-3-10-18-29)25-37-26-34(41)32(22-28-15-7-2-8-16-28)39-36(43)24-30-19-11-4-12-20-30/h1-20,31-34,37,40-41H,21-26H2,(H,38,42)(H,39,43)/t31-,32-,33+,34+/m0/s1. The number of benzene rings is 4. The number of aliphatic hydroxyl groups excluding tert-OH is 2. The molecule has 0 unspecified atom stereocenters. The Kier molecular flexibility index (Phi) is 12.5. The molecule has 0 radical (unpaired) electrons. The molecule has 0 saturated heterocycles. The molecule has 43 heavy (non-hydrogen) atoms. The summed E-state index contributed by atoms with van der Waals surface area (Å²) in [5.74, 6) is -0.342. The number of hydrogen-bond donors (Lipinski definition) is 5. The van der Waals surface area contributed by atoms with Crippen LogP contribution < -0.4 is 16.0 Å². The van der Waals surface area contributed by atoms with Crippen LogP contribution in [0.2, 0.25) is 0 Å². The number of amides is 2. The highest BCUT2D eigenvalue weighted by atomic mass is 16.3. The Hall–Kier alpha value is -4.30. The molecule has 4 atom stereocenters. The normalized spacial score (nSPS) is 13.8. The van der Waals surface area contributed by atoms with E-state index < -0.39 is 24.3 Å². The summed E-state index contributed by atoms with van der Waals surface area (Å²) in [4.78, 5) is 25.7. The average Bonchev–Trinajstić information content (AvgIpc) is 3.02. The van der Waals surface area contributed by atoms with Crippen LogP contribution in [0.25, 0.3) is 0 Å². The van der Waals surface area contributed by atoms with Crippen LogP contribution in [0.1, 0.15) is 22.3 Å². The Morgan fingerprint density at radius 3 is 1.12 bits per heavy atom. The topological polar surface area (TPSA) is 111 Å². The zero-order chi connectivity index (χ0) is 30.3. The lowest BCUT2D eigenvalue weighted by Crippen LogP contribution is -2.52. The predicted molar refractivity (Wildman–Crippen MR) is 169 cm³/mol. The molecule has 4 aromatic carbocycles. The molecule has 5 N–H and O–H groups in total. The SMILES string of the molecule is O=C(Cc1ccccc1)N[C@@H](Cc1ccccc1)[C@H](O)CNC[C@@H](O)[C@H](Cc1ccccc1)NC(=O)Cc1ccccc1. The molecular formula is C36H41N3O4. The van der Waals surface area contributed by atoms with Crippen molar-refractivity contribution in [1.29, 1.82) is 0 Å². The maximum absolute atomic E-state index is 12.9. The van der Waals surface area contributed by atoms with Gasteiger partial charge in [-0.15, -0.1) is 0 Å². The van der Waals surface area contributed by atoms with E-state index in [-0.39, 0.29) is 37.7 Å². The van der Waals surface area contributed by atoms with Crippen molar-refractivity contribution in [1.82, 2.24) is 16.0 Å². The average molecular weight is 580 g/mol. The summed E-state index contributed by atoms with van der Waals surface area (Å²) >= 11 is 0. The van der Waals surface area contributed by atoms with Crippen molar-refractivity contribution in [2.45, 2.75) is 50.0 Å². The van der Waals surface area contributed by atoms with Crippen LogP contribution in [0.3, 0.4) is 0 Å². The van der Waals surface area contributed by atoms with Crippen molar-refractivity contribution < 1.29 is 19.8 Å². The summed E-state index contributed by atoms with van der Waals surface area (Å²) in [5.41, 5.74) is 3.78. The second-order valence-electron chi connectivity index (χ2n) is 10.8. The van der Waals surface area contributed by atoms with E-state index in [9.17, 15) is 19.8 Å². The van der Waals surface area contributed by atoms with Gasteiger partial charge in [-0.2, -0.15) is 0 Å². The van der Waals surface area contributed by atoms with Gasteiger partial charge < -0.3 is 26.2 Å². The van der Waals surface area contributed by atoms with E-state index in [4.69, 9.17) is 0 Å². The minimum Gasteiger partial charge on any atom is -0.390 e. The van der Waals surface area contributed by atoms with Gasteiger partial charge >= 0.3 is 0 Å². The van der Waals surface area contributed by atoms with Crippen molar-refractivity contribution >= 4 is 11.8 Å². The van der Waals surface area contributed by atoms with Gasteiger partial charge in [-0.3, -0.25) is 9.59 Å². The quantitative estimate of drug-likeness (QED) is 0.140. The third-order valence-electron chi connectivity index (χ3n) is 7.34. The van der Waals surface area contributed by atoms with Crippen LogP contribution in [0.15, 0.2) is 121 Å². The molecule has 4 aromatic rings. The Bertz CT molecular complexity index is 1260. The van der Waals surface area contributed by atoms with Crippen LogP contribution >= 0.6 is 0 Å². The number of hydrogen-bond acceptors (Lipinski definition) is 5. The Labute approximate surface area is 254 Å². The van der Waals surface area contributed by atoms with Gasteiger partial charge in [-0.1, -0.05) is 121 Å². The summed E-state index contributed by atoms with van der Waals surface area (Å²) in [6.45, 7) is 0.298. The lowest BCUT2D eigenvalue weighted by Gasteiger charge is -2.27. The van der Waals surface area contributed by atoms with E-state index in [2.05, 4.69) is 16.0 Å². The maximum Gasteiger partial charge on any atom is 0.224 e. The zero-order valence-electron chi connectivity index (χ0n) is 24.3. The van der Waals surface area contributed by atoms with Crippen molar-refractivity contribution in [3.05, 3.63) is 144 Å². The molecule has 2 amide bonds. The zero-order valence-corrected chi connectivity index (χ0v) is 24.3. The highest BCUT2D eigenvalue weighted by molar-refractivity contribution is 5.79. The lowest BCUT2D eigenvalue weighted by molar-refractivity contribution is -0.122. The Morgan fingerprint density at radius 1 is 0.488 bits per heavy atom. The molecule has 0 aliphatic carbocycles. The van der Waals surface area contributed by atoms with Crippen LogP contribution in [-0.2, 0) is 35.3 Å². The van der Waals surface area contributed by atoms with Crippen molar-refractivity contribution in [3.8, 4) is 0 Å². The third kappa shape index (κ3) is 11.1. The second kappa shape index (κ2) is 17.0. The van der Waals surface area contributed by atoms with E-state index >= 15 is 0 Å². The first-order valence-electron chi connectivity index (χ1n) is 14.8. The molecule has 0 fully saturated rings. The molecule has 0 saturated carbocycles. The molecular weight excluding hydrogens is 538 g/mol. The van der Waals surface area contributed by atoms with Crippen LogP contribution in [0, 0.1) is 0 Å². The third-order valence-corrected chi connectivity index (χ3v) is 7.34. The largest absolute Gasteiger partial charge is 0.390 e. The van der Waals surface area contributed by atoms with Gasteiger partial charge in [0.1, 0.15) is 0 Å². The summed E-state index contributed by atoms with van der Waals surface area (Å²) in [5, 5.41) is 31.5. The number of carbonyl (C=O) groups excluding carboxylic acids is 2. The van der Waals surface area contributed by atoms with E-state index in [0.29, 0.717) is 12.8 Å². The van der Waals surface area contributed by atoms with Crippen LogP contribution in [0.4, 0.5) is 0 Å². The predicted octanol–water partition coefficient (Wildman–Crippen LogP) is 3.24. The molecule has 0 spiro atoms. The van der Waals surface area contributed by atoms with Gasteiger partial charge in [-0.25, -0.2) is 0 Å². The van der Waals surface area contributed by atoms with E-state index in [1.165, 1.54) is 0 Å². The first kappa shape index (κ1) is 31.6. The Morgan fingerprint density at radius 2 is 0.791 bits per heavy atom. The molecule has 224 valence electrons. The van der Waals surface area contributed by atoms with E-state index in [1.54, 1.807) is 0 Å². The van der Waals surface area contributed by atoms with Gasteiger partial charge in [0.15, 0.2) is 0 Å². The summed E-state index contributed by atoms with van der Waals surface area (Å²) in [6, 6.07) is 37.3. The highest BCUT2D eigenvalue weighted by Crippen LogP contribution is 2.10.